The number of carbonyl (C=O) groups excluding carboxylic acids is 3. The molecule has 1 saturated heterocycles. The quantitative estimate of drug-likeness (QED) is 0.781. The molecule has 30 heavy (non-hydrogen) atoms. The van der Waals surface area contributed by atoms with E-state index in [2.05, 4.69) is 6.07 Å². The lowest BCUT2D eigenvalue weighted by atomic mass is 9.62. The molecular formula is C23H23N3O4. The van der Waals surface area contributed by atoms with Crippen molar-refractivity contribution in [2.75, 3.05) is 13.2 Å². The number of fused-ring (bicyclic) bond motifs is 5. The summed E-state index contributed by atoms with van der Waals surface area (Å²) >= 11 is 0. The van der Waals surface area contributed by atoms with Gasteiger partial charge in [-0.15, -0.1) is 0 Å². The smallest absolute Gasteiger partial charge is 0.313 e. The standard InChI is InChI=1S/C23H23N3O4/c1-2-23(9-15(27)10-24)17-8-19-20-14(7-13-5-3-4-6-18(13)25-20)11-26(19)21(28)16(17)12-30-22(23)29/h3-8,16-17H,2,9-12,24H2,1H3/t16?,17?,23-/m0/s1. The fourth-order valence-electron chi connectivity index (χ4n) is 5.17. The minimum atomic E-state index is -1.08. The number of nitrogens with zero attached hydrogens (tertiary/aromatic N) is 2. The Kier molecular flexibility index (Phi) is 4.25. The minimum absolute atomic E-state index is 0.0188. The van der Waals surface area contributed by atoms with Crippen molar-refractivity contribution < 1.29 is 19.1 Å². The van der Waals surface area contributed by atoms with Crippen molar-refractivity contribution in [1.29, 1.82) is 0 Å². The van der Waals surface area contributed by atoms with Gasteiger partial charge >= 0.3 is 5.97 Å². The first kappa shape index (κ1) is 18.9. The number of ether oxygens (including phenoxy) is 1. The van der Waals surface area contributed by atoms with Crippen LogP contribution in [0, 0.1) is 17.3 Å². The Labute approximate surface area is 173 Å². The van der Waals surface area contributed by atoms with Gasteiger partial charge in [0.05, 0.1) is 41.3 Å². The maximum Gasteiger partial charge on any atom is 0.313 e. The van der Waals surface area contributed by atoms with E-state index in [4.69, 9.17) is 15.5 Å². The number of carbonyl (C=O) groups is 3. The fourth-order valence-corrected chi connectivity index (χ4v) is 5.17. The summed E-state index contributed by atoms with van der Waals surface area (Å²) < 4.78 is 5.43. The maximum absolute atomic E-state index is 13.4. The molecule has 7 nitrogen and oxygen atoms in total. The largest absolute Gasteiger partial charge is 0.464 e. The van der Waals surface area contributed by atoms with Crippen LogP contribution >= 0.6 is 0 Å². The van der Waals surface area contributed by atoms with E-state index in [1.165, 1.54) is 0 Å². The van der Waals surface area contributed by atoms with Gasteiger partial charge in [-0.3, -0.25) is 14.4 Å². The number of hydrogen-bond acceptors (Lipinski definition) is 6. The second-order valence-corrected chi connectivity index (χ2v) is 8.33. The average molecular weight is 405 g/mol. The number of para-hydroxylation sites is 1. The van der Waals surface area contributed by atoms with Gasteiger partial charge in [0.25, 0.3) is 0 Å². The molecule has 3 aliphatic heterocycles. The van der Waals surface area contributed by atoms with Gasteiger partial charge in [-0.05, 0) is 18.6 Å². The monoisotopic (exact) mass is 405 g/mol. The molecule has 4 heterocycles. The first-order valence-corrected chi connectivity index (χ1v) is 10.3. The van der Waals surface area contributed by atoms with Crippen LogP contribution in [0.25, 0.3) is 16.6 Å². The van der Waals surface area contributed by atoms with Crippen LogP contribution in [0.5, 0.6) is 0 Å². The SMILES string of the molecule is CC[C@@]1(CC(=O)CN)C(=O)OCC2C(=O)N3Cc4cc5ccccc5nc4C3=CC21. The van der Waals surface area contributed by atoms with Crippen LogP contribution in [-0.4, -0.2) is 40.7 Å². The summed E-state index contributed by atoms with van der Waals surface area (Å²) in [6, 6.07) is 9.91. The molecule has 1 aromatic heterocycles. The van der Waals surface area contributed by atoms with Gasteiger partial charge < -0.3 is 15.4 Å². The molecule has 1 fully saturated rings. The number of amides is 1. The summed E-state index contributed by atoms with van der Waals surface area (Å²) in [5, 5.41) is 1.02. The Morgan fingerprint density at radius 2 is 2.13 bits per heavy atom. The second-order valence-electron chi connectivity index (χ2n) is 8.33. The van der Waals surface area contributed by atoms with Crippen molar-refractivity contribution in [2.45, 2.75) is 26.3 Å². The summed E-state index contributed by atoms with van der Waals surface area (Å²) in [5.74, 6) is -1.63. The lowest BCUT2D eigenvalue weighted by Gasteiger charge is -2.47. The third kappa shape index (κ3) is 2.55. The van der Waals surface area contributed by atoms with Gasteiger partial charge in [0, 0.05) is 23.3 Å². The van der Waals surface area contributed by atoms with Crippen molar-refractivity contribution in [3.8, 4) is 0 Å². The number of esters is 1. The summed E-state index contributed by atoms with van der Waals surface area (Å²) in [6.45, 7) is 2.21. The molecule has 3 atom stereocenters. The molecular weight excluding hydrogens is 382 g/mol. The number of benzene rings is 1. The molecule has 0 aliphatic carbocycles. The van der Waals surface area contributed by atoms with Gasteiger partial charge in [-0.2, -0.15) is 0 Å². The third-order valence-electron chi connectivity index (χ3n) is 6.83. The van der Waals surface area contributed by atoms with Gasteiger partial charge in [0.15, 0.2) is 0 Å². The van der Waals surface area contributed by atoms with Gasteiger partial charge in [0.2, 0.25) is 5.91 Å². The van der Waals surface area contributed by atoms with E-state index in [1.807, 2.05) is 37.3 Å². The molecule has 0 bridgehead atoms. The molecule has 154 valence electrons. The molecule has 1 amide bonds. The number of allylic oxidation sites excluding steroid dienone is 1. The molecule has 2 aromatic rings. The Morgan fingerprint density at radius 1 is 1.33 bits per heavy atom. The Morgan fingerprint density at radius 3 is 2.90 bits per heavy atom. The molecule has 2 N–H and O–H groups in total. The van der Waals surface area contributed by atoms with Crippen LogP contribution in [0.1, 0.15) is 31.0 Å². The first-order valence-electron chi connectivity index (χ1n) is 10.3. The van der Waals surface area contributed by atoms with E-state index in [0.717, 1.165) is 27.9 Å². The lowest BCUT2D eigenvalue weighted by molar-refractivity contribution is -0.178. The zero-order valence-electron chi connectivity index (χ0n) is 16.8. The normalized spacial score (nSPS) is 27.3. The first-order chi connectivity index (χ1) is 14.5. The molecule has 0 spiro atoms. The molecule has 2 unspecified atom stereocenters. The third-order valence-corrected chi connectivity index (χ3v) is 6.83. The second kappa shape index (κ2) is 6.74. The fraction of sp³-hybridized carbons (Fsp3) is 0.391. The highest BCUT2D eigenvalue weighted by Gasteiger charge is 2.57. The predicted octanol–water partition coefficient (Wildman–Crippen LogP) is 2.04. The highest BCUT2D eigenvalue weighted by Crippen LogP contribution is 2.51. The number of aromatic nitrogens is 1. The minimum Gasteiger partial charge on any atom is -0.464 e. The number of cyclic esters (lactones) is 1. The summed E-state index contributed by atoms with van der Waals surface area (Å²) in [4.78, 5) is 45.1. The summed E-state index contributed by atoms with van der Waals surface area (Å²) in [5.41, 5.74) is 7.81. The summed E-state index contributed by atoms with van der Waals surface area (Å²) in [6.07, 6.45) is 2.36. The van der Waals surface area contributed by atoms with E-state index >= 15 is 0 Å². The Bertz CT molecular complexity index is 1120. The highest BCUT2D eigenvalue weighted by atomic mass is 16.5. The van der Waals surface area contributed by atoms with Gasteiger partial charge in [0.1, 0.15) is 12.4 Å². The molecule has 7 heteroatoms. The average Bonchev–Trinajstić information content (AvgIpc) is 3.12. The molecule has 1 aromatic carbocycles. The van der Waals surface area contributed by atoms with E-state index in [0.29, 0.717) is 13.0 Å². The van der Waals surface area contributed by atoms with Crippen LogP contribution in [0.4, 0.5) is 0 Å². The highest BCUT2D eigenvalue weighted by molar-refractivity contribution is 5.98. The number of pyridine rings is 1. The van der Waals surface area contributed by atoms with Crippen LogP contribution in [-0.2, 0) is 25.7 Å². The summed E-state index contributed by atoms with van der Waals surface area (Å²) in [7, 11) is 0. The Balaban J connectivity index is 1.66. The number of Topliss-reactive ketones (excluding diaryl/α,β-unsaturated/α-hetero) is 1. The zero-order chi connectivity index (χ0) is 21.0. The van der Waals surface area contributed by atoms with Gasteiger partial charge in [-0.25, -0.2) is 4.98 Å². The predicted molar refractivity (Wildman–Crippen MR) is 110 cm³/mol. The number of rotatable bonds is 4. The molecule has 3 aliphatic rings. The van der Waals surface area contributed by atoms with E-state index in [9.17, 15) is 14.4 Å². The Hall–Kier alpha value is -3.06. The van der Waals surface area contributed by atoms with Crippen molar-refractivity contribution in [1.82, 2.24) is 9.88 Å². The van der Waals surface area contributed by atoms with E-state index in [-0.39, 0.29) is 31.3 Å². The maximum atomic E-state index is 13.4. The topological polar surface area (TPSA) is 103 Å². The van der Waals surface area contributed by atoms with Gasteiger partial charge in [-0.1, -0.05) is 31.2 Å². The van der Waals surface area contributed by atoms with Crippen molar-refractivity contribution in [3.63, 3.8) is 0 Å². The van der Waals surface area contributed by atoms with E-state index in [1.54, 1.807) is 4.90 Å². The van der Waals surface area contributed by atoms with Crippen molar-refractivity contribution in [3.05, 3.63) is 47.7 Å². The van der Waals surface area contributed by atoms with Crippen LogP contribution in [0.3, 0.4) is 0 Å². The van der Waals surface area contributed by atoms with Crippen molar-refractivity contribution >= 4 is 34.3 Å². The van der Waals surface area contributed by atoms with Crippen LogP contribution in [0.15, 0.2) is 36.4 Å². The molecule has 0 radical (unpaired) electrons. The number of nitrogens with two attached hydrogens (primary N) is 1. The van der Waals surface area contributed by atoms with Crippen LogP contribution in [0.2, 0.25) is 0 Å². The lowest BCUT2D eigenvalue weighted by Crippen LogP contribution is -2.55. The molecule has 5 rings (SSSR count). The zero-order valence-corrected chi connectivity index (χ0v) is 16.8. The van der Waals surface area contributed by atoms with Crippen molar-refractivity contribution in [2.24, 2.45) is 23.0 Å². The van der Waals surface area contributed by atoms with E-state index < -0.39 is 23.2 Å². The molecule has 0 saturated carbocycles. The van der Waals surface area contributed by atoms with Crippen LogP contribution < -0.4 is 5.73 Å². The number of hydrogen-bond donors (Lipinski definition) is 1. The number of ketones is 1.